The zero-order valence-electron chi connectivity index (χ0n) is 10.8. The predicted octanol–water partition coefficient (Wildman–Crippen LogP) is 3.85. The largest absolute Gasteiger partial charge is 0.331 e. The van der Waals surface area contributed by atoms with Gasteiger partial charge in [0, 0.05) is 22.7 Å². The molecule has 5 heteroatoms. The molecule has 0 aromatic carbocycles. The van der Waals surface area contributed by atoms with E-state index in [4.69, 9.17) is 11.6 Å². The van der Waals surface area contributed by atoms with Crippen molar-refractivity contribution in [2.24, 2.45) is 0 Å². The highest BCUT2D eigenvalue weighted by Crippen LogP contribution is 2.17. The number of carbonyl (C=O) groups is 1. The van der Waals surface area contributed by atoms with Gasteiger partial charge in [0.15, 0.2) is 0 Å². The van der Waals surface area contributed by atoms with E-state index < -0.39 is 0 Å². The molecule has 0 fully saturated rings. The third-order valence-corrected chi connectivity index (χ3v) is 3.83. The van der Waals surface area contributed by atoms with E-state index >= 15 is 0 Å². The lowest BCUT2D eigenvalue weighted by molar-refractivity contribution is 0.0692. The van der Waals surface area contributed by atoms with Gasteiger partial charge in [-0.3, -0.25) is 4.79 Å². The maximum absolute atomic E-state index is 12.5. The molecule has 1 amide bonds. The SMILES string of the molecule is CC(C)N(Cc1cccs1)C(=O)c1ccnc(Cl)c1. The molecule has 100 valence electrons. The van der Waals surface area contributed by atoms with Crippen molar-refractivity contribution in [3.63, 3.8) is 0 Å². The summed E-state index contributed by atoms with van der Waals surface area (Å²) in [5.74, 6) is -0.0206. The molecule has 0 radical (unpaired) electrons. The van der Waals surface area contributed by atoms with Gasteiger partial charge >= 0.3 is 0 Å². The minimum atomic E-state index is -0.0206. The topological polar surface area (TPSA) is 33.2 Å². The molecular weight excluding hydrogens is 280 g/mol. The Morgan fingerprint density at radius 3 is 2.84 bits per heavy atom. The van der Waals surface area contributed by atoms with Crippen molar-refractivity contribution in [3.05, 3.63) is 51.4 Å². The fraction of sp³-hybridized carbons (Fsp3) is 0.286. The Morgan fingerprint density at radius 2 is 2.26 bits per heavy atom. The van der Waals surface area contributed by atoms with Gasteiger partial charge in [-0.2, -0.15) is 0 Å². The molecule has 2 aromatic heterocycles. The first-order valence-electron chi connectivity index (χ1n) is 6.03. The Hall–Kier alpha value is -1.39. The number of pyridine rings is 1. The second kappa shape index (κ2) is 6.17. The van der Waals surface area contributed by atoms with Crippen molar-refractivity contribution in [3.8, 4) is 0 Å². The lowest BCUT2D eigenvalue weighted by atomic mass is 10.2. The van der Waals surface area contributed by atoms with Crippen molar-refractivity contribution in [1.29, 1.82) is 0 Å². The van der Waals surface area contributed by atoms with Crippen LogP contribution in [-0.2, 0) is 6.54 Å². The Kier molecular flexibility index (Phi) is 4.56. The van der Waals surface area contributed by atoms with Crippen LogP contribution in [0.25, 0.3) is 0 Å². The lowest BCUT2D eigenvalue weighted by Crippen LogP contribution is -2.36. The lowest BCUT2D eigenvalue weighted by Gasteiger charge is -2.26. The van der Waals surface area contributed by atoms with E-state index in [1.165, 1.54) is 4.88 Å². The summed E-state index contributed by atoms with van der Waals surface area (Å²) in [6.07, 6.45) is 1.55. The van der Waals surface area contributed by atoms with Gasteiger partial charge in [0.1, 0.15) is 5.15 Å². The fourth-order valence-electron chi connectivity index (χ4n) is 1.76. The minimum absolute atomic E-state index is 0.0206. The van der Waals surface area contributed by atoms with E-state index in [1.807, 2.05) is 36.3 Å². The molecule has 0 unspecified atom stereocenters. The van der Waals surface area contributed by atoms with Gasteiger partial charge in [-0.15, -0.1) is 11.3 Å². The number of hydrogen-bond donors (Lipinski definition) is 0. The number of amides is 1. The van der Waals surface area contributed by atoms with Crippen LogP contribution in [0.3, 0.4) is 0 Å². The highest BCUT2D eigenvalue weighted by Gasteiger charge is 2.19. The van der Waals surface area contributed by atoms with Crippen molar-refractivity contribution in [2.45, 2.75) is 26.4 Å². The van der Waals surface area contributed by atoms with Crippen molar-refractivity contribution < 1.29 is 4.79 Å². The molecule has 0 aliphatic rings. The summed E-state index contributed by atoms with van der Waals surface area (Å²) in [6, 6.07) is 7.45. The van der Waals surface area contributed by atoms with Crippen LogP contribution in [-0.4, -0.2) is 21.8 Å². The molecule has 0 aliphatic heterocycles. The second-order valence-electron chi connectivity index (χ2n) is 4.47. The fourth-order valence-corrected chi connectivity index (χ4v) is 2.64. The monoisotopic (exact) mass is 294 g/mol. The van der Waals surface area contributed by atoms with E-state index in [0.29, 0.717) is 17.3 Å². The molecule has 0 bridgehead atoms. The van der Waals surface area contributed by atoms with Gasteiger partial charge in [0.2, 0.25) is 0 Å². The van der Waals surface area contributed by atoms with Crippen LogP contribution >= 0.6 is 22.9 Å². The number of hydrogen-bond acceptors (Lipinski definition) is 3. The maximum Gasteiger partial charge on any atom is 0.254 e. The summed E-state index contributed by atoms with van der Waals surface area (Å²) in [7, 11) is 0. The molecular formula is C14H15ClN2OS. The molecule has 2 heterocycles. The van der Waals surface area contributed by atoms with Gasteiger partial charge in [-0.05, 0) is 37.4 Å². The summed E-state index contributed by atoms with van der Waals surface area (Å²) in [6.45, 7) is 4.64. The van der Waals surface area contributed by atoms with Crippen LogP contribution in [0.4, 0.5) is 0 Å². The first-order chi connectivity index (χ1) is 9.08. The molecule has 2 aromatic rings. The van der Waals surface area contributed by atoms with Crippen LogP contribution in [0.1, 0.15) is 29.1 Å². The van der Waals surface area contributed by atoms with Gasteiger partial charge < -0.3 is 4.90 Å². The average Bonchev–Trinajstić information content (AvgIpc) is 2.87. The van der Waals surface area contributed by atoms with Crippen molar-refractivity contribution in [2.75, 3.05) is 0 Å². The summed E-state index contributed by atoms with van der Waals surface area (Å²) >= 11 is 7.49. The minimum Gasteiger partial charge on any atom is -0.331 e. The van der Waals surface area contributed by atoms with E-state index in [2.05, 4.69) is 4.98 Å². The van der Waals surface area contributed by atoms with Gasteiger partial charge in [-0.25, -0.2) is 4.98 Å². The van der Waals surface area contributed by atoms with Crippen LogP contribution in [0.2, 0.25) is 5.15 Å². The van der Waals surface area contributed by atoms with E-state index in [0.717, 1.165) is 0 Å². The standard InChI is InChI=1S/C14H15ClN2OS/c1-10(2)17(9-12-4-3-7-19-12)14(18)11-5-6-16-13(15)8-11/h3-8,10H,9H2,1-2H3. The number of carbonyl (C=O) groups excluding carboxylic acids is 1. The van der Waals surface area contributed by atoms with Crippen LogP contribution in [0, 0.1) is 0 Å². The number of nitrogens with zero attached hydrogens (tertiary/aromatic N) is 2. The molecule has 19 heavy (non-hydrogen) atoms. The zero-order valence-corrected chi connectivity index (χ0v) is 12.4. The zero-order chi connectivity index (χ0) is 13.8. The average molecular weight is 295 g/mol. The van der Waals surface area contributed by atoms with Crippen LogP contribution in [0.5, 0.6) is 0 Å². The smallest absolute Gasteiger partial charge is 0.254 e. The molecule has 0 saturated heterocycles. The first kappa shape index (κ1) is 14.0. The number of halogens is 1. The summed E-state index contributed by atoms with van der Waals surface area (Å²) < 4.78 is 0. The molecule has 0 N–H and O–H groups in total. The molecule has 2 rings (SSSR count). The molecule has 0 atom stereocenters. The summed E-state index contributed by atoms with van der Waals surface area (Å²) in [4.78, 5) is 19.4. The van der Waals surface area contributed by atoms with E-state index in [-0.39, 0.29) is 11.9 Å². The predicted molar refractivity (Wildman–Crippen MR) is 78.6 cm³/mol. The third-order valence-electron chi connectivity index (χ3n) is 2.76. The van der Waals surface area contributed by atoms with Gasteiger partial charge in [0.25, 0.3) is 5.91 Å². The Balaban J connectivity index is 2.21. The Morgan fingerprint density at radius 1 is 1.47 bits per heavy atom. The number of rotatable bonds is 4. The Labute approximate surface area is 121 Å². The maximum atomic E-state index is 12.5. The molecule has 0 aliphatic carbocycles. The molecule has 0 saturated carbocycles. The van der Waals surface area contributed by atoms with Crippen molar-refractivity contribution in [1.82, 2.24) is 9.88 Å². The van der Waals surface area contributed by atoms with Gasteiger partial charge in [-0.1, -0.05) is 17.7 Å². The van der Waals surface area contributed by atoms with Crippen LogP contribution < -0.4 is 0 Å². The molecule has 0 spiro atoms. The van der Waals surface area contributed by atoms with E-state index in [9.17, 15) is 4.79 Å². The highest BCUT2D eigenvalue weighted by molar-refractivity contribution is 7.09. The second-order valence-corrected chi connectivity index (χ2v) is 5.89. The Bertz CT molecular complexity index is 554. The third kappa shape index (κ3) is 3.55. The van der Waals surface area contributed by atoms with E-state index in [1.54, 1.807) is 29.7 Å². The number of aromatic nitrogens is 1. The molecule has 3 nitrogen and oxygen atoms in total. The normalized spacial score (nSPS) is 10.7. The number of thiophene rings is 1. The summed E-state index contributed by atoms with van der Waals surface area (Å²) in [5, 5.41) is 2.35. The van der Waals surface area contributed by atoms with Crippen molar-refractivity contribution >= 4 is 28.8 Å². The van der Waals surface area contributed by atoms with Gasteiger partial charge in [0.05, 0.1) is 6.54 Å². The highest BCUT2D eigenvalue weighted by atomic mass is 35.5. The van der Waals surface area contributed by atoms with Crippen LogP contribution in [0.15, 0.2) is 35.8 Å². The first-order valence-corrected chi connectivity index (χ1v) is 7.28. The summed E-state index contributed by atoms with van der Waals surface area (Å²) in [5.41, 5.74) is 0.574. The quantitative estimate of drug-likeness (QED) is 0.803.